The van der Waals surface area contributed by atoms with Gasteiger partial charge < -0.3 is 9.47 Å². The summed E-state index contributed by atoms with van der Waals surface area (Å²) >= 11 is 3.52. The molecule has 4 nitrogen and oxygen atoms in total. The molecule has 26 heavy (non-hydrogen) atoms. The number of hydrogen-bond acceptors (Lipinski definition) is 4. The largest absolute Gasteiger partial charge is 0.466 e. The lowest BCUT2D eigenvalue weighted by molar-refractivity contribution is -0.148. The van der Waals surface area contributed by atoms with Crippen LogP contribution in [-0.2, 0) is 19.1 Å². The predicted octanol–water partition coefficient (Wildman–Crippen LogP) is 4.87. The van der Waals surface area contributed by atoms with Gasteiger partial charge in [-0.3, -0.25) is 4.79 Å². The van der Waals surface area contributed by atoms with Gasteiger partial charge >= 0.3 is 11.9 Å². The highest BCUT2D eigenvalue weighted by atomic mass is 79.9. The van der Waals surface area contributed by atoms with E-state index in [1.54, 1.807) is 0 Å². The van der Waals surface area contributed by atoms with Crippen LogP contribution in [0.5, 0.6) is 0 Å². The van der Waals surface area contributed by atoms with E-state index in [4.69, 9.17) is 9.47 Å². The van der Waals surface area contributed by atoms with E-state index in [1.165, 1.54) is 14.0 Å². The lowest BCUT2D eigenvalue weighted by atomic mass is 9.83. The Bertz CT molecular complexity index is 811. The highest BCUT2D eigenvalue weighted by Gasteiger charge is 2.34. The number of rotatable bonds is 6. The number of carbonyl (C=O) groups excluding carboxylic acids is 2. The highest BCUT2D eigenvalue weighted by molar-refractivity contribution is 9.10. The Hall–Kier alpha value is -2.40. The van der Waals surface area contributed by atoms with Crippen molar-refractivity contribution in [3.05, 3.63) is 81.8 Å². The zero-order chi connectivity index (χ0) is 19.3. The maximum Gasteiger partial charge on any atom is 0.333 e. The van der Waals surface area contributed by atoms with Gasteiger partial charge in [0.05, 0.1) is 13.0 Å². The van der Waals surface area contributed by atoms with Gasteiger partial charge in [0.2, 0.25) is 0 Å². The standard InChI is InChI=1S/C21H21BrO4/c1-13-9-11-16(12-10-13)20(26-15(3)23)19(14(2)21(24)25-4)17-7-5-6-8-18(17)22/h5-12,19-20H,2H2,1,3-4H3/t19-,20+/m0/s1. The molecule has 2 aromatic carbocycles. The second kappa shape index (κ2) is 8.81. The number of esters is 2. The van der Waals surface area contributed by atoms with Gasteiger partial charge in [-0.2, -0.15) is 0 Å². The molecule has 0 aliphatic rings. The van der Waals surface area contributed by atoms with Crippen LogP contribution in [0.2, 0.25) is 0 Å². The van der Waals surface area contributed by atoms with Crippen molar-refractivity contribution in [2.75, 3.05) is 7.11 Å². The lowest BCUT2D eigenvalue weighted by Crippen LogP contribution is -2.23. The van der Waals surface area contributed by atoms with E-state index in [2.05, 4.69) is 22.5 Å². The van der Waals surface area contributed by atoms with Crippen LogP contribution in [0.25, 0.3) is 0 Å². The van der Waals surface area contributed by atoms with Gasteiger partial charge in [0, 0.05) is 17.0 Å². The molecule has 0 unspecified atom stereocenters. The number of halogens is 1. The molecule has 5 heteroatoms. The number of benzene rings is 2. The minimum atomic E-state index is -0.710. The van der Waals surface area contributed by atoms with E-state index < -0.39 is 24.0 Å². The molecular formula is C21H21BrO4. The van der Waals surface area contributed by atoms with Crippen molar-refractivity contribution in [2.45, 2.75) is 25.9 Å². The first kappa shape index (κ1) is 19.9. The number of ether oxygens (including phenoxy) is 2. The summed E-state index contributed by atoms with van der Waals surface area (Å²) in [6.45, 7) is 7.25. The molecule has 0 aromatic heterocycles. The molecule has 136 valence electrons. The number of carbonyl (C=O) groups is 2. The van der Waals surface area contributed by atoms with Crippen molar-refractivity contribution in [1.29, 1.82) is 0 Å². The van der Waals surface area contributed by atoms with Crippen molar-refractivity contribution in [3.8, 4) is 0 Å². The molecule has 0 aliphatic carbocycles. The van der Waals surface area contributed by atoms with Gasteiger partial charge in [-0.25, -0.2) is 4.79 Å². The summed E-state index contributed by atoms with van der Waals surface area (Å²) in [5.74, 6) is -1.58. The zero-order valence-electron chi connectivity index (χ0n) is 15.0. The van der Waals surface area contributed by atoms with Crippen LogP contribution in [0.1, 0.15) is 35.6 Å². The third kappa shape index (κ3) is 4.61. The smallest absolute Gasteiger partial charge is 0.333 e. The maximum atomic E-state index is 12.2. The van der Waals surface area contributed by atoms with Crippen molar-refractivity contribution >= 4 is 27.9 Å². The van der Waals surface area contributed by atoms with Crippen LogP contribution in [0.4, 0.5) is 0 Å². The first-order chi connectivity index (χ1) is 12.3. The number of aryl methyl sites for hydroxylation is 1. The molecular weight excluding hydrogens is 396 g/mol. The SMILES string of the molecule is C=C(C(=O)OC)[C@@H](c1ccccc1Br)[C@H](OC(C)=O)c1ccc(C)cc1. The van der Waals surface area contributed by atoms with Gasteiger partial charge in [-0.1, -0.05) is 70.5 Å². The van der Waals surface area contributed by atoms with Crippen LogP contribution in [0.3, 0.4) is 0 Å². The van der Waals surface area contributed by atoms with Crippen LogP contribution >= 0.6 is 15.9 Å². The summed E-state index contributed by atoms with van der Waals surface area (Å²) in [6, 6.07) is 15.1. The molecule has 0 N–H and O–H groups in total. The summed E-state index contributed by atoms with van der Waals surface area (Å²) in [4.78, 5) is 24.0. The third-order valence-electron chi connectivity index (χ3n) is 4.06. The quantitative estimate of drug-likeness (QED) is 0.497. The first-order valence-electron chi connectivity index (χ1n) is 8.10. The van der Waals surface area contributed by atoms with Crippen molar-refractivity contribution in [3.63, 3.8) is 0 Å². The third-order valence-corrected chi connectivity index (χ3v) is 4.79. The fraction of sp³-hybridized carbons (Fsp3) is 0.238. The van der Waals surface area contributed by atoms with Gasteiger partial charge in [-0.05, 0) is 24.1 Å². The van der Waals surface area contributed by atoms with Gasteiger partial charge in [0.1, 0.15) is 6.10 Å². The second-order valence-electron chi connectivity index (χ2n) is 5.96. The summed E-state index contributed by atoms with van der Waals surface area (Å²) in [6.07, 6.45) is -0.710. The molecule has 2 rings (SSSR count). The van der Waals surface area contributed by atoms with Gasteiger partial charge in [0.25, 0.3) is 0 Å². The Morgan fingerprint density at radius 2 is 1.69 bits per heavy atom. The lowest BCUT2D eigenvalue weighted by Gasteiger charge is -2.29. The van der Waals surface area contributed by atoms with Crippen molar-refractivity contribution in [2.24, 2.45) is 0 Å². The average molecular weight is 417 g/mol. The normalized spacial score (nSPS) is 12.8. The summed E-state index contributed by atoms with van der Waals surface area (Å²) in [5.41, 5.74) is 2.86. The van der Waals surface area contributed by atoms with Crippen LogP contribution in [0, 0.1) is 6.92 Å². The van der Waals surface area contributed by atoms with Crippen molar-refractivity contribution in [1.82, 2.24) is 0 Å². The summed E-state index contributed by atoms with van der Waals surface area (Å²) < 4.78 is 11.3. The van der Waals surface area contributed by atoms with E-state index >= 15 is 0 Å². The minimum Gasteiger partial charge on any atom is -0.466 e. The molecule has 0 saturated heterocycles. The Kier molecular flexibility index (Phi) is 6.75. The average Bonchev–Trinajstić information content (AvgIpc) is 2.62. The monoisotopic (exact) mass is 416 g/mol. The Morgan fingerprint density at radius 1 is 1.08 bits per heavy atom. The van der Waals surface area contributed by atoms with Crippen LogP contribution < -0.4 is 0 Å². The molecule has 0 saturated carbocycles. The van der Waals surface area contributed by atoms with Gasteiger partial charge in [-0.15, -0.1) is 0 Å². The second-order valence-corrected chi connectivity index (χ2v) is 6.81. The number of hydrogen-bond donors (Lipinski definition) is 0. The summed E-state index contributed by atoms with van der Waals surface area (Å²) in [7, 11) is 1.30. The van der Waals surface area contributed by atoms with E-state index in [0.29, 0.717) is 0 Å². The van der Waals surface area contributed by atoms with Crippen molar-refractivity contribution < 1.29 is 19.1 Å². The van der Waals surface area contributed by atoms with Gasteiger partial charge in [0.15, 0.2) is 0 Å². The topological polar surface area (TPSA) is 52.6 Å². The Morgan fingerprint density at radius 3 is 2.23 bits per heavy atom. The molecule has 0 radical (unpaired) electrons. The molecule has 0 amide bonds. The van der Waals surface area contributed by atoms with E-state index in [0.717, 1.165) is 21.2 Å². The fourth-order valence-corrected chi connectivity index (χ4v) is 3.31. The molecule has 0 spiro atoms. The minimum absolute atomic E-state index is 0.214. The highest BCUT2D eigenvalue weighted by Crippen LogP contribution is 2.42. The van der Waals surface area contributed by atoms with E-state index in [-0.39, 0.29) is 5.57 Å². The molecule has 2 aromatic rings. The Labute approximate surface area is 162 Å². The van der Waals surface area contributed by atoms with Crippen LogP contribution in [0.15, 0.2) is 65.2 Å². The molecule has 0 fully saturated rings. The Balaban J connectivity index is 2.62. The maximum absolute atomic E-state index is 12.2. The zero-order valence-corrected chi connectivity index (χ0v) is 16.6. The van der Waals surface area contributed by atoms with E-state index in [9.17, 15) is 9.59 Å². The number of methoxy groups -OCH3 is 1. The van der Waals surface area contributed by atoms with E-state index in [1.807, 2.05) is 55.5 Å². The fourth-order valence-electron chi connectivity index (χ4n) is 2.78. The first-order valence-corrected chi connectivity index (χ1v) is 8.89. The molecule has 0 bridgehead atoms. The summed E-state index contributed by atoms with van der Waals surface area (Å²) in [5, 5.41) is 0. The molecule has 0 aliphatic heterocycles. The van der Waals surface area contributed by atoms with Crippen LogP contribution in [-0.4, -0.2) is 19.0 Å². The molecule has 0 heterocycles. The predicted molar refractivity (Wildman–Crippen MR) is 104 cm³/mol. The molecule has 2 atom stereocenters.